The van der Waals surface area contributed by atoms with Crippen molar-refractivity contribution < 1.29 is 27.2 Å². The molecule has 4 nitrogen and oxygen atoms in total. The number of fused-ring (bicyclic) bond motifs is 1. The van der Waals surface area contributed by atoms with Crippen molar-refractivity contribution in [1.29, 1.82) is 0 Å². The van der Waals surface area contributed by atoms with E-state index in [4.69, 9.17) is 11.6 Å². The molecule has 1 heterocycles. The number of nitrogens with one attached hydrogen (secondary N) is 1. The Morgan fingerprint density at radius 1 is 1.00 bits per heavy atom. The van der Waals surface area contributed by atoms with Gasteiger partial charge >= 0.3 is 0 Å². The Bertz CT molecular complexity index is 1280. The minimum absolute atomic E-state index is 0.0947. The predicted molar refractivity (Wildman–Crippen MR) is 120 cm³/mol. The summed E-state index contributed by atoms with van der Waals surface area (Å²) in [6.45, 7) is 3.28. The maximum absolute atomic E-state index is 14.4. The lowest BCUT2D eigenvalue weighted by molar-refractivity contribution is -0.122. The van der Waals surface area contributed by atoms with Gasteiger partial charge in [-0.3, -0.25) is 9.59 Å². The molecular formula is C25H19ClF4N2O2. The summed E-state index contributed by atoms with van der Waals surface area (Å²) >= 11 is 6.15. The van der Waals surface area contributed by atoms with Crippen molar-refractivity contribution in [2.24, 2.45) is 0 Å². The fourth-order valence-electron chi connectivity index (χ4n) is 4.03. The average molecular weight is 491 g/mol. The van der Waals surface area contributed by atoms with Gasteiger partial charge in [0.25, 0.3) is 5.91 Å². The first-order chi connectivity index (χ1) is 16.0. The van der Waals surface area contributed by atoms with Gasteiger partial charge in [-0.1, -0.05) is 29.8 Å². The highest BCUT2D eigenvalue weighted by Gasteiger charge is 2.44. The molecule has 3 aromatic rings. The van der Waals surface area contributed by atoms with Crippen LogP contribution < -0.4 is 10.2 Å². The van der Waals surface area contributed by atoms with E-state index >= 15 is 0 Å². The van der Waals surface area contributed by atoms with Crippen LogP contribution in [-0.2, 0) is 23.3 Å². The first-order valence-electron chi connectivity index (χ1n) is 10.3. The third-order valence-electron chi connectivity index (χ3n) is 5.87. The minimum atomic E-state index is -1.32. The standard InChI is InChI=1S/C25H19ClF4N2O2/c1-25(2)16-7-6-13(11-31-23(33)22-19(29)9-14(27)10-20(22)30)8-21(16)32(24(25)34)12-15-17(26)4-3-5-18(15)28/h3-10H,11-12H2,1-2H3,(H,31,33). The normalized spacial score (nSPS) is 14.3. The fraction of sp³-hybridized carbons (Fsp3) is 0.200. The van der Waals surface area contributed by atoms with Crippen molar-refractivity contribution in [1.82, 2.24) is 5.32 Å². The van der Waals surface area contributed by atoms with Crippen molar-refractivity contribution >= 4 is 29.1 Å². The number of anilines is 1. The van der Waals surface area contributed by atoms with E-state index in [0.717, 1.165) is 0 Å². The maximum Gasteiger partial charge on any atom is 0.257 e. The number of benzene rings is 3. The number of amides is 2. The van der Waals surface area contributed by atoms with Crippen LogP contribution in [0.5, 0.6) is 0 Å². The van der Waals surface area contributed by atoms with E-state index in [1.54, 1.807) is 32.0 Å². The van der Waals surface area contributed by atoms with Crippen molar-refractivity contribution in [3.05, 3.63) is 99.1 Å². The Morgan fingerprint density at radius 3 is 2.32 bits per heavy atom. The van der Waals surface area contributed by atoms with E-state index in [-0.39, 0.29) is 29.6 Å². The van der Waals surface area contributed by atoms with E-state index in [1.165, 1.54) is 23.1 Å². The monoisotopic (exact) mass is 490 g/mol. The van der Waals surface area contributed by atoms with E-state index in [0.29, 0.717) is 28.9 Å². The highest BCUT2D eigenvalue weighted by molar-refractivity contribution is 6.31. The molecule has 0 unspecified atom stereocenters. The molecule has 3 aromatic carbocycles. The molecule has 0 saturated heterocycles. The number of carbonyl (C=O) groups is 2. The SMILES string of the molecule is CC1(C)C(=O)N(Cc2c(F)cccc2Cl)c2cc(CNC(=O)c3c(F)cc(F)cc3F)ccc21. The van der Waals surface area contributed by atoms with Gasteiger partial charge in [-0.25, -0.2) is 17.6 Å². The van der Waals surface area contributed by atoms with Gasteiger partial charge in [0.15, 0.2) is 0 Å². The van der Waals surface area contributed by atoms with Gasteiger partial charge in [-0.2, -0.15) is 0 Å². The van der Waals surface area contributed by atoms with Crippen LogP contribution in [0.1, 0.15) is 40.9 Å². The van der Waals surface area contributed by atoms with Crippen LogP contribution in [0.2, 0.25) is 5.02 Å². The zero-order valence-electron chi connectivity index (χ0n) is 18.2. The molecule has 0 atom stereocenters. The van der Waals surface area contributed by atoms with Crippen molar-refractivity contribution in [3.8, 4) is 0 Å². The molecule has 0 fully saturated rings. The summed E-state index contributed by atoms with van der Waals surface area (Å²) < 4.78 is 55.3. The summed E-state index contributed by atoms with van der Waals surface area (Å²) in [7, 11) is 0. The number of halogens is 5. The molecular weight excluding hydrogens is 472 g/mol. The zero-order valence-corrected chi connectivity index (χ0v) is 18.9. The van der Waals surface area contributed by atoms with Crippen LogP contribution in [0.3, 0.4) is 0 Å². The van der Waals surface area contributed by atoms with Gasteiger partial charge in [-0.05, 0) is 43.2 Å². The Labute approximate surface area is 198 Å². The second kappa shape index (κ2) is 8.76. The molecule has 9 heteroatoms. The van der Waals surface area contributed by atoms with Crippen LogP contribution in [-0.4, -0.2) is 11.8 Å². The second-order valence-electron chi connectivity index (χ2n) is 8.50. The second-order valence-corrected chi connectivity index (χ2v) is 8.90. The Balaban J connectivity index is 1.61. The molecule has 0 aromatic heterocycles. The van der Waals surface area contributed by atoms with Crippen LogP contribution in [0, 0.1) is 23.3 Å². The molecule has 1 aliphatic rings. The molecule has 34 heavy (non-hydrogen) atoms. The number of rotatable bonds is 5. The molecule has 0 spiro atoms. The summed E-state index contributed by atoms with van der Waals surface area (Å²) in [5.74, 6) is -5.61. The Kier molecular flexibility index (Phi) is 6.12. The lowest BCUT2D eigenvalue weighted by Crippen LogP contribution is -2.36. The Hall–Kier alpha value is -3.39. The highest BCUT2D eigenvalue weighted by atomic mass is 35.5. The lowest BCUT2D eigenvalue weighted by Gasteiger charge is -2.21. The number of hydrogen-bond donors (Lipinski definition) is 1. The summed E-state index contributed by atoms with van der Waals surface area (Å²) in [6, 6.07) is 10.1. The van der Waals surface area contributed by atoms with E-state index in [2.05, 4.69) is 5.32 Å². The van der Waals surface area contributed by atoms with Gasteiger partial charge < -0.3 is 10.2 Å². The van der Waals surface area contributed by atoms with Gasteiger partial charge in [0.2, 0.25) is 5.91 Å². The highest BCUT2D eigenvalue weighted by Crippen LogP contribution is 2.43. The topological polar surface area (TPSA) is 49.4 Å². The van der Waals surface area contributed by atoms with E-state index in [1.807, 2.05) is 0 Å². The van der Waals surface area contributed by atoms with Gasteiger partial charge in [0.1, 0.15) is 28.8 Å². The smallest absolute Gasteiger partial charge is 0.257 e. The Morgan fingerprint density at radius 2 is 1.68 bits per heavy atom. The zero-order chi connectivity index (χ0) is 24.8. The van der Waals surface area contributed by atoms with Crippen LogP contribution in [0.15, 0.2) is 48.5 Å². The number of carbonyl (C=O) groups excluding carboxylic acids is 2. The van der Waals surface area contributed by atoms with Gasteiger partial charge in [0, 0.05) is 35.0 Å². The molecule has 0 radical (unpaired) electrons. The minimum Gasteiger partial charge on any atom is -0.348 e. The molecule has 1 N–H and O–H groups in total. The van der Waals surface area contributed by atoms with Gasteiger partial charge in [0.05, 0.1) is 12.0 Å². The maximum atomic E-state index is 14.4. The summed E-state index contributed by atoms with van der Waals surface area (Å²) in [4.78, 5) is 26.9. The molecule has 1 aliphatic heterocycles. The fourth-order valence-corrected chi connectivity index (χ4v) is 4.25. The molecule has 2 amide bonds. The van der Waals surface area contributed by atoms with Crippen LogP contribution in [0.25, 0.3) is 0 Å². The summed E-state index contributed by atoms with van der Waals surface area (Å²) in [5, 5.41) is 2.58. The third-order valence-corrected chi connectivity index (χ3v) is 6.23. The average Bonchev–Trinajstić information content (AvgIpc) is 2.94. The van der Waals surface area contributed by atoms with Crippen molar-refractivity contribution in [2.75, 3.05) is 4.90 Å². The predicted octanol–water partition coefficient (Wildman–Crippen LogP) is 5.65. The van der Waals surface area contributed by atoms with Crippen molar-refractivity contribution in [2.45, 2.75) is 32.4 Å². The molecule has 0 saturated carbocycles. The lowest BCUT2D eigenvalue weighted by atomic mass is 9.86. The molecule has 4 rings (SSSR count). The van der Waals surface area contributed by atoms with Crippen LogP contribution in [0.4, 0.5) is 23.2 Å². The number of nitrogens with zero attached hydrogens (tertiary/aromatic N) is 1. The molecule has 0 aliphatic carbocycles. The summed E-state index contributed by atoms with van der Waals surface area (Å²) in [6.07, 6.45) is 0. The first-order valence-corrected chi connectivity index (χ1v) is 10.7. The number of hydrogen-bond acceptors (Lipinski definition) is 2. The third kappa shape index (κ3) is 4.14. The molecule has 176 valence electrons. The van der Waals surface area contributed by atoms with Crippen molar-refractivity contribution in [3.63, 3.8) is 0 Å². The largest absolute Gasteiger partial charge is 0.348 e. The molecule has 0 bridgehead atoms. The van der Waals surface area contributed by atoms with Gasteiger partial charge in [-0.15, -0.1) is 0 Å². The quantitative estimate of drug-likeness (QED) is 0.470. The van der Waals surface area contributed by atoms with Crippen LogP contribution >= 0.6 is 11.6 Å². The summed E-state index contributed by atoms with van der Waals surface area (Å²) in [5.41, 5.74) is 0.146. The van der Waals surface area contributed by atoms with E-state index in [9.17, 15) is 27.2 Å². The first kappa shape index (κ1) is 23.8. The van der Waals surface area contributed by atoms with E-state index < -0.39 is 40.2 Å².